The van der Waals surface area contributed by atoms with Crippen molar-refractivity contribution in [3.05, 3.63) is 125 Å². The van der Waals surface area contributed by atoms with Crippen LogP contribution in [0.2, 0.25) is 5.02 Å². The number of ketones is 1. The van der Waals surface area contributed by atoms with Crippen LogP contribution in [0.4, 0.5) is 11.4 Å². The number of ether oxygens (including phenoxy) is 2. The van der Waals surface area contributed by atoms with Crippen LogP contribution in [0, 0.1) is 5.41 Å². The molecule has 0 bridgehead atoms. The molecule has 7 nitrogen and oxygen atoms in total. The molecule has 0 aliphatic carbocycles. The van der Waals surface area contributed by atoms with Gasteiger partial charge in [0.15, 0.2) is 5.78 Å². The first kappa shape index (κ1) is 32.3. The lowest BCUT2D eigenvalue weighted by Crippen LogP contribution is -2.41. The van der Waals surface area contributed by atoms with Gasteiger partial charge in [-0.2, -0.15) is 0 Å². The van der Waals surface area contributed by atoms with Gasteiger partial charge in [0.2, 0.25) is 5.91 Å². The highest BCUT2D eigenvalue weighted by Crippen LogP contribution is 2.26. The summed E-state index contributed by atoms with van der Waals surface area (Å²) < 4.78 is 11.1. The van der Waals surface area contributed by atoms with Crippen LogP contribution in [0.25, 0.3) is 0 Å². The largest absolute Gasteiger partial charge is 0.492 e. The number of carbonyl (C=O) groups excluding carboxylic acids is 3. The van der Waals surface area contributed by atoms with E-state index in [-0.39, 0.29) is 18.3 Å². The molecule has 0 saturated carbocycles. The van der Waals surface area contributed by atoms with E-state index in [2.05, 4.69) is 5.32 Å². The third-order valence-electron chi connectivity index (χ3n) is 6.98. The lowest BCUT2D eigenvalue weighted by molar-refractivity contribution is -0.141. The molecule has 8 heteroatoms. The summed E-state index contributed by atoms with van der Waals surface area (Å²) in [6.07, 6.45) is 0.323. The molecule has 0 saturated heterocycles. The van der Waals surface area contributed by atoms with Crippen molar-refractivity contribution in [1.29, 1.82) is 0 Å². The predicted molar refractivity (Wildman–Crippen MR) is 175 cm³/mol. The van der Waals surface area contributed by atoms with E-state index >= 15 is 0 Å². The number of para-hydroxylation sites is 1. The van der Waals surface area contributed by atoms with Gasteiger partial charge in [0.1, 0.15) is 18.4 Å². The van der Waals surface area contributed by atoms with Crippen molar-refractivity contribution in [3.8, 4) is 5.75 Å². The first-order valence-electron chi connectivity index (χ1n) is 14.4. The Morgan fingerprint density at radius 1 is 0.864 bits per heavy atom. The van der Waals surface area contributed by atoms with E-state index < -0.39 is 17.4 Å². The van der Waals surface area contributed by atoms with Crippen LogP contribution >= 0.6 is 11.6 Å². The van der Waals surface area contributed by atoms with Crippen LogP contribution in [-0.2, 0) is 20.7 Å². The third-order valence-corrected chi connectivity index (χ3v) is 7.21. The van der Waals surface area contributed by atoms with Gasteiger partial charge >= 0.3 is 5.97 Å². The van der Waals surface area contributed by atoms with Crippen molar-refractivity contribution in [2.45, 2.75) is 33.2 Å². The molecule has 228 valence electrons. The molecule has 0 aliphatic heterocycles. The summed E-state index contributed by atoms with van der Waals surface area (Å²) in [5.74, 6) is 0.00495. The van der Waals surface area contributed by atoms with E-state index in [4.69, 9.17) is 21.1 Å². The number of carbonyl (C=O) groups is 3. The molecule has 1 unspecified atom stereocenters. The summed E-state index contributed by atoms with van der Waals surface area (Å²) in [5.41, 5.74) is 2.58. The van der Waals surface area contributed by atoms with Crippen molar-refractivity contribution in [3.63, 3.8) is 0 Å². The smallest absolute Gasteiger partial charge is 0.328 e. The highest BCUT2D eigenvalue weighted by molar-refractivity contribution is 6.31. The quantitative estimate of drug-likeness (QED) is 0.134. The Hall–Kier alpha value is -4.62. The van der Waals surface area contributed by atoms with E-state index in [1.165, 1.54) is 7.11 Å². The van der Waals surface area contributed by atoms with E-state index in [1.807, 2.05) is 81.4 Å². The number of hydrogen-bond donors (Lipinski definition) is 1. The maximum absolute atomic E-state index is 13.2. The number of benzene rings is 4. The van der Waals surface area contributed by atoms with Gasteiger partial charge in [0, 0.05) is 39.4 Å². The monoisotopic (exact) mass is 612 g/mol. The third kappa shape index (κ3) is 8.48. The van der Waals surface area contributed by atoms with Crippen molar-refractivity contribution in [1.82, 2.24) is 0 Å². The Labute approximate surface area is 263 Å². The molecule has 1 atom stereocenters. The summed E-state index contributed by atoms with van der Waals surface area (Å²) in [4.78, 5) is 40.8. The molecule has 0 spiro atoms. The molecule has 4 rings (SSSR count). The van der Waals surface area contributed by atoms with E-state index in [1.54, 1.807) is 47.4 Å². The maximum atomic E-state index is 13.2. The number of anilines is 2. The Morgan fingerprint density at radius 2 is 1.55 bits per heavy atom. The van der Waals surface area contributed by atoms with Crippen LogP contribution < -0.4 is 15.0 Å². The summed E-state index contributed by atoms with van der Waals surface area (Å²) >= 11 is 6.19. The molecule has 0 radical (unpaired) electrons. The van der Waals surface area contributed by atoms with Crippen LogP contribution in [0.3, 0.4) is 0 Å². The summed E-state index contributed by atoms with van der Waals surface area (Å²) in [6.45, 7) is 6.24. The fourth-order valence-electron chi connectivity index (χ4n) is 4.68. The van der Waals surface area contributed by atoms with Gasteiger partial charge in [-0.25, -0.2) is 4.79 Å². The van der Waals surface area contributed by atoms with Gasteiger partial charge in [0.25, 0.3) is 0 Å². The minimum Gasteiger partial charge on any atom is -0.492 e. The second-order valence-electron chi connectivity index (χ2n) is 11.3. The van der Waals surface area contributed by atoms with E-state index in [9.17, 15) is 14.4 Å². The number of esters is 1. The molecule has 1 amide bonds. The van der Waals surface area contributed by atoms with Gasteiger partial charge in [-0.3, -0.25) is 9.59 Å². The summed E-state index contributed by atoms with van der Waals surface area (Å²) in [6, 6.07) is 30.0. The topological polar surface area (TPSA) is 84.9 Å². The maximum Gasteiger partial charge on any atom is 0.328 e. The lowest BCUT2D eigenvalue weighted by atomic mass is 9.94. The zero-order valence-corrected chi connectivity index (χ0v) is 26.1. The van der Waals surface area contributed by atoms with Crippen LogP contribution in [0.1, 0.15) is 42.3 Å². The first-order valence-corrected chi connectivity index (χ1v) is 14.8. The zero-order chi connectivity index (χ0) is 31.7. The van der Waals surface area contributed by atoms with Crippen molar-refractivity contribution >= 4 is 40.6 Å². The van der Waals surface area contributed by atoms with Gasteiger partial charge in [-0.05, 0) is 48.0 Å². The summed E-state index contributed by atoms with van der Waals surface area (Å²) in [7, 11) is 1.34. The fourth-order valence-corrected chi connectivity index (χ4v) is 4.87. The lowest BCUT2D eigenvalue weighted by Gasteiger charge is -2.29. The molecular weight excluding hydrogens is 576 g/mol. The SMILES string of the molecule is COC(=O)C(Cc1ccc(OCCN(C(=O)C(C)(C)C)c2cccc(Cl)c2)cc1)Nc1ccccc1C(=O)c1ccccc1. The second-order valence-corrected chi connectivity index (χ2v) is 11.8. The normalized spacial score (nSPS) is 11.8. The second kappa shape index (κ2) is 14.7. The average molecular weight is 613 g/mol. The van der Waals surface area contributed by atoms with Gasteiger partial charge < -0.3 is 19.7 Å². The van der Waals surface area contributed by atoms with Crippen molar-refractivity contribution < 1.29 is 23.9 Å². The van der Waals surface area contributed by atoms with Crippen LogP contribution in [-0.4, -0.2) is 44.0 Å². The highest BCUT2D eigenvalue weighted by atomic mass is 35.5. The molecule has 4 aromatic carbocycles. The van der Waals surface area contributed by atoms with E-state index in [0.717, 1.165) is 5.56 Å². The molecular formula is C36H37ClN2O5. The van der Waals surface area contributed by atoms with Crippen molar-refractivity contribution in [2.75, 3.05) is 30.5 Å². The minimum absolute atomic E-state index is 0.0351. The van der Waals surface area contributed by atoms with Crippen LogP contribution in [0.15, 0.2) is 103 Å². The molecule has 0 aromatic heterocycles. The highest BCUT2D eigenvalue weighted by Gasteiger charge is 2.28. The molecule has 4 aromatic rings. The standard InChI is InChI=1S/C36H37ClN2O5/c1-36(2,3)35(42)39(28-14-10-13-27(37)24-28)21-22-44-29-19-17-25(18-20-29)23-32(34(41)43-4)38-31-16-9-8-15-30(31)33(40)26-11-6-5-7-12-26/h5-20,24,32,38H,21-23H2,1-4H3. The van der Waals surface area contributed by atoms with Gasteiger partial charge in [-0.1, -0.05) is 93.0 Å². The summed E-state index contributed by atoms with van der Waals surface area (Å²) in [5, 5.41) is 3.78. The Bertz CT molecular complexity index is 1580. The number of nitrogens with zero attached hydrogens (tertiary/aromatic N) is 1. The molecule has 44 heavy (non-hydrogen) atoms. The van der Waals surface area contributed by atoms with E-state index in [0.29, 0.717) is 46.2 Å². The van der Waals surface area contributed by atoms with Crippen LogP contribution in [0.5, 0.6) is 5.75 Å². The number of rotatable bonds is 12. The van der Waals surface area contributed by atoms with Gasteiger partial charge in [-0.15, -0.1) is 0 Å². The number of nitrogens with one attached hydrogen (secondary N) is 1. The number of hydrogen-bond acceptors (Lipinski definition) is 6. The fraction of sp³-hybridized carbons (Fsp3) is 0.250. The number of methoxy groups -OCH3 is 1. The Morgan fingerprint density at radius 3 is 2.20 bits per heavy atom. The molecule has 0 heterocycles. The predicted octanol–water partition coefficient (Wildman–Crippen LogP) is 7.23. The Balaban J connectivity index is 1.43. The molecule has 1 N–H and O–H groups in total. The molecule has 0 fully saturated rings. The number of halogens is 1. The van der Waals surface area contributed by atoms with Crippen molar-refractivity contribution in [2.24, 2.45) is 5.41 Å². The minimum atomic E-state index is -0.730. The number of amides is 1. The first-order chi connectivity index (χ1) is 21.1. The zero-order valence-electron chi connectivity index (χ0n) is 25.4. The Kier molecular flexibility index (Phi) is 10.8. The molecule has 0 aliphatic rings. The average Bonchev–Trinajstić information content (AvgIpc) is 3.02. The van der Waals surface area contributed by atoms with Gasteiger partial charge in [0.05, 0.1) is 13.7 Å².